The number of sulfonamides is 1. The van der Waals surface area contributed by atoms with Crippen LogP contribution >= 0.6 is 11.6 Å². The monoisotopic (exact) mass is 418 g/mol. The van der Waals surface area contributed by atoms with Crippen LogP contribution in [0.2, 0.25) is 5.15 Å². The van der Waals surface area contributed by atoms with Gasteiger partial charge >= 0.3 is 5.97 Å². The van der Waals surface area contributed by atoms with Crippen molar-refractivity contribution in [3.8, 4) is 11.3 Å². The third-order valence-electron chi connectivity index (χ3n) is 4.06. The molecule has 0 bridgehead atoms. The average molecular weight is 419 g/mol. The Balaban J connectivity index is 2.02. The molecule has 0 saturated heterocycles. The first-order valence-electron chi connectivity index (χ1n) is 8.17. The van der Waals surface area contributed by atoms with Crippen LogP contribution in [-0.2, 0) is 10.0 Å². The molecule has 3 N–H and O–H groups in total. The highest BCUT2D eigenvalue weighted by molar-refractivity contribution is 7.92. The van der Waals surface area contributed by atoms with E-state index < -0.39 is 16.0 Å². The maximum Gasteiger partial charge on any atom is 0.549 e. The molecule has 0 spiro atoms. The van der Waals surface area contributed by atoms with Gasteiger partial charge in [-0.3, -0.25) is 0 Å². The summed E-state index contributed by atoms with van der Waals surface area (Å²) in [6, 6.07) is 12.5. The lowest BCUT2D eigenvalue weighted by Gasteiger charge is -2.12. The molecule has 0 fully saturated rings. The number of halogens is 1. The van der Waals surface area contributed by atoms with E-state index in [4.69, 9.17) is 16.7 Å². The van der Waals surface area contributed by atoms with Crippen molar-refractivity contribution in [3.63, 3.8) is 0 Å². The second-order valence-electron chi connectivity index (χ2n) is 6.13. The Bertz CT molecular complexity index is 1160. The second-order valence-corrected chi connectivity index (χ2v) is 8.20. The largest absolute Gasteiger partial charge is 0.561 e. The number of hydrogen-bond donors (Lipinski definition) is 1. The Morgan fingerprint density at radius 3 is 2.32 bits per heavy atom. The lowest BCUT2D eigenvalue weighted by atomic mass is 10.00. The van der Waals surface area contributed by atoms with Gasteiger partial charge in [0.25, 0.3) is 10.0 Å². The van der Waals surface area contributed by atoms with E-state index in [-0.39, 0.29) is 21.6 Å². The van der Waals surface area contributed by atoms with Gasteiger partial charge in [0.1, 0.15) is 10.7 Å². The van der Waals surface area contributed by atoms with Crippen LogP contribution in [0.15, 0.2) is 53.4 Å². The summed E-state index contributed by atoms with van der Waals surface area (Å²) in [6.07, 6.45) is 0. The van der Waals surface area contributed by atoms with Crippen molar-refractivity contribution in [2.75, 3.05) is 4.72 Å². The van der Waals surface area contributed by atoms with E-state index in [9.17, 15) is 13.2 Å². The molecular weight excluding hydrogens is 402 g/mol. The summed E-state index contributed by atoms with van der Waals surface area (Å²) < 4.78 is 27.6. The van der Waals surface area contributed by atoms with E-state index in [1.54, 1.807) is 6.07 Å². The number of anilines is 1. The maximum absolute atomic E-state index is 12.7. The van der Waals surface area contributed by atoms with Crippen LogP contribution in [0.25, 0.3) is 11.3 Å². The number of carbonyl (C=O) groups excluding carboxylic acids is 1. The zero-order valence-corrected chi connectivity index (χ0v) is 16.6. The van der Waals surface area contributed by atoms with E-state index in [0.717, 1.165) is 22.8 Å². The Morgan fingerprint density at radius 1 is 1.04 bits per heavy atom. The normalized spacial score (nSPS) is 11.2. The minimum Gasteiger partial charge on any atom is -0.561 e. The third-order valence-corrected chi connectivity index (χ3v) is 5.58. The molecular formula is C19H17ClN3O4S+. The van der Waals surface area contributed by atoms with Gasteiger partial charge in [-0.1, -0.05) is 35.9 Å². The zero-order valence-electron chi connectivity index (χ0n) is 15.0. The zero-order chi connectivity index (χ0) is 20.5. The molecule has 1 heterocycles. The van der Waals surface area contributed by atoms with Gasteiger partial charge in [-0.2, -0.15) is 0 Å². The molecule has 3 rings (SSSR count). The van der Waals surface area contributed by atoms with E-state index >= 15 is 0 Å². The van der Waals surface area contributed by atoms with Crippen molar-refractivity contribution in [1.82, 2.24) is 9.97 Å². The van der Waals surface area contributed by atoms with Gasteiger partial charge < -0.3 is 5.11 Å². The Labute approximate surface area is 167 Å². The highest BCUT2D eigenvalue weighted by Crippen LogP contribution is 2.28. The quantitative estimate of drug-likeness (QED) is 0.505. The molecule has 0 radical (unpaired) electrons. The van der Waals surface area contributed by atoms with Gasteiger partial charge in [0, 0.05) is 16.4 Å². The van der Waals surface area contributed by atoms with E-state index in [2.05, 4.69) is 14.7 Å². The summed E-state index contributed by atoms with van der Waals surface area (Å²) in [5.74, 6) is -1.17. The topological polar surface area (TPSA) is 112 Å². The van der Waals surface area contributed by atoms with Crippen molar-refractivity contribution in [1.29, 1.82) is 0 Å². The molecule has 3 aromatic rings. The van der Waals surface area contributed by atoms with Crippen molar-refractivity contribution >= 4 is 33.5 Å². The lowest BCUT2D eigenvalue weighted by molar-refractivity contribution is 0.0696. The van der Waals surface area contributed by atoms with Gasteiger partial charge in [-0.15, -0.1) is 0 Å². The molecule has 9 heteroatoms. The molecule has 0 atom stereocenters. The second kappa shape index (κ2) is 7.57. The summed E-state index contributed by atoms with van der Waals surface area (Å²) in [6.45, 7) is 3.84. The van der Waals surface area contributed by atoms with Gasteiger partial charge in [0.15, 0.2) is 0 Å². The molecule has 0 amide bonds. The predicted molar refractivity (Wildman–Crippen MR) is 107 cm³/mol. The molecule has 2 aromatic carbocycles. The summed E-state index contributed by atoms with van der Waals surface area (Å²) >= 11 is 6.09. The smallest absolute Gasteiger partial charge is 0.549 e. The first-order valence-corrected chi connectivity index (χ1v) is 10.0. The van der Waals surface area contributed by atoms with Crippen LogP contribution in [0.1, 0.15) is 21.5 Å². The Hall–Kier alpha value is -2.97. The van der Waals surface area contributed by atoms with Gasteiger partial charge in [-0.25, -0.2) is 23.1 Å². The predicted octanol–water partition coefficient (Wildman–Crippen LogP) is 3.08. The first kappa shape index (κ1) is 19.8. The van der Waals surface area contributed by atoms with E-state index in [1.807, 2.05) is 32.0 Å². The summed E-state index contributed by atoms with van der Waals surface area (Å²) in [5, 5.41) is 7.22. The Kier molecular flexibility index (Phi) is 5.35. The van der Waals surface area contributed by atoms with Crippen LogP contribution in [-0.4, -0.2) is 29.5 Å². The molecule has 0 aliphatic rings. The van der Waals surface area contributed by atoms with Crippen molar-refractivity contribution in [2.45, 2.75) is 18.7 Å². The van der Waals surface area contributed by atoms with Gasteiger partial charge in [-0.05, 0) is 43.2 Å². The lowest BCUT2D eigenvalue weighted by Crippen LogP contribution is -2.16. The van der Waals surface area contributed by atoms with Gasteiger partial charge in [0.2, 0.25) is 5.95 Å². The summed E-state index contributed by atoms with van der Waals surface area (Å²) in [7, 11) is -4.07. The number of rotatable bonds is 5. The molecule has 28 heavy (non-hydrogen) atoms. The number of benzene rings is 2. The van der Waals surface area contributed by atoms with Crippen LogP contribution < -0.4 is 4.72 Å². The molecule has 0 aliphatic carbocycles. The summed E-state index contributed by atoms with van der Waals surface area (Å²) in [5.41, 5.74) is 3.22. The highest BCUT2D eigenvalue weighted by atomic mass is 35.5. The van der Waals surface area contributed by atoms with Crippen LogP contribution in [0.3, 0.4) is 0 Å². The third kappa shape index (κ3) is 4.13. The minimum atomic E-state index is -4.07. The number of hydrogen-bond acceptors (Lipinski definition) is 5. The molecule has 7 nitrogen and oxygen atoms in total. The number of carbonyl (C=O) groups is 1. The fourth-order valence-electron chi connectivity index (χ4n) is 2.79. The van der Waals surface area contributed by atoms with Crippen molar-refractivity contribution in [3.05, 3.63) is 70.4 Å². The van der Waals surface area contributed by atoms with E-state index in [0.29, 0.717) is 5.69 Å². The van der Waals surface area contributed by atoms with Crippen LogP contribution in [0, 0.1) is 13.8 Å². The molecule has 144 valence electrons. The van der Waals surface area contributed by atoms with Gasteiger partial charge in [0.05, 0.1) is 10.6 Å². The van der Waals surface area contributed by atoms with E-state index in [1.165, 1.54) is 18.2 Å². The number of aryl methyl sites for hydroxylation is 2. The Morgan fingerprint density at radius 2 is 1.68 bits per heavy atom. The maximum atomic E-state index is 12.7. The van der Waals surface area contributed by atoms with Crippen molar-refractivity contribution in [2.24, 2.45) is 0 Å². The fourth-order valence-corrected chi connectivity index (χ4v) is 3.97. The average Bonchev–Trinajstić information content (AvgIpc) is 2.61. The molecule has 0 saturated carbocycles. The fraction of sp³-hybridized carbons (Fsp3) is 0.105. The number of nitrogens with one attached hydrogen (secondary N) is 1. The van der Waals surface area contributed by atoms with Crippen LogP contribution in [0.4, 0.5) is 5.95 Å². The standard InChI is InChI=1S/C19H16ClN3O4S/c1-11-5-3-6-12(2)17(11)15-10-16(20)22-19(21-15)23-28(26,27)14-8-4-7-13(9-14)18(24)25/h3-10H,1-2H3,(H,24,25)(H,21,22,23)/p+1. The summed E-state index contributed by atoms with van der Waals surface area (Å²) in [4.78, 5) is 19.3. The molecule has 0 unspecified atom stereocenters. The number of aromatic nitrogens is 2. The SMILES string of the molecule is Cc1cccc(C)c1-c1cc(Cl)nc(NS(=O)(=O)c2cccc(C(=O)[OH2+])c2)n1. The minimum absolute atomic E-state index is 0.0360. The first-order chi connectivity index (χ1) is 13.2. The van der Waals surface area contributed by atoms with Crippen LogP contribution in [0.5, 0.6) is 0 Å². The molecule has 0 aliphatic heterocycles. The number of nitrogens with zero attached hydrogens (tertiary/aromatic N) is 2. The van der Waals surface area contributed by atoms with Crippen molar-refractivity contribution < 1.29 is 18.3 Å². The molecule has 1 aromatic heterocycles. The highest BCUT2D eigenvalue weighted by Gasteiger charge is 2.21.